The van der Waals surface area contributed by atoms with Crippen LogP contribution in [-0.4, -0.2) is 30.1 Å². The number of hydrogen-bond acceptors (Lipinski definition) is 6. The molecule has 4 rings (SSSR count). The van der Waals surface area contributed by atoms with Gasteiger partial charge >= 0.3 is 11.9 Å². The second-order valence-corrected chi connectivity index (χ2v) is 8.03. The molecule has 0 aromatic heterocycles. The normalized spacial score (nSPS) is 23.8. The first-order valence-corrected chi connectivity index (χ1v) is 10.9. The van der Waals surface area contributed by atoms with Crippen LogP contribution in [0.25, 0.3) is 0 Å². The highest BCUT2D eigenvalue weighted by atomic mass is 16.6. The van der Waals surface area contributed by atoms with Gasteiger partial charge in [-0.25, -0.2) is 9.59 Å². The van der Waals surface area contributed by atoms with E-state index < -0.39 is 16.9 Å². The van der Waals surface area contributed by atoms with E-state index in [9.17, 15) is 19.7 Å². The summed E-state index contributed by atoms with van der Waals surface area (Å²) in [6.07, 6.45) is 0.628. The molecular formula is C25H25NO6. The number of carbonyl (C=O) groups excluding carboxylic acids is 2. The predicted octanol–water partition coefficient (Wildman–Crippen LogP) is 4.53. The molecule has 0 radical (unpaired) electrons. The summed E-state index contributed by atoms with van der Waals surface area (Å²) in [7, 11) is 0. The van der Waals surface area contributed by atoms with Crippen molar-refractivity contribution in [2.45, 2.75) is 32.1 Å². The van der Waals surface area contributed by atoms with Gasteiger partial charge in [-0.1, -0.05) is 42.5 Å². The molecule has 0 N–H and O–H groups in total. The van der Waals surface area contributed by atoms with Crippen LogP contribution in [0.15, 0.2) is 65.7 Å². The molecule has 2 aliphatic carbocycles. The van der Waals surface area contributed by atoms with Gasteiger partial charge in [0.05, 0.1) is 29.3 Å². The van der Waals surface area contributed by atoms with Crippen LogP contribution >= 0.6 is 0 Å². The summed E-state index contributed by atoms with van der Waals surface area (Å²) in [5, 5.41) is 11.1. The second kappa shape index (κ2) is 8.94. The summed E-state index contributed by atoms with van der Waals surface area (Å²) in [6, 6.07) is 16.4. The summed E-state index contributed by atoms with van der Waals surface area (Å²) in [5.41, 5.74) is 2.80. The number of hydrogen-bond donors (Lipinski definition) is 0. The minimum atomic E-state index is -0.485. The lowest BCUT2D eigenvalue weighted by atomic mass is 9.70. The number of nitro groups is 1. The number of non-ortho nitro benzene ring substituents is 1. The molecule has 0 heterocycles. The van der Waals surface area contributed by atoms with E-state index in [1.54, 1.807) is 26.0 Å². The standard InChI is InChI=1S/C25H25NO6/c1-3-31-24(27)22-18-14-19(23(22)25(28)32-4-2)21(20(18)15-8-6-5-7-9-15)16-10-12-17(13-11-16)26(29)30/h5-13,18-21H,3-4,14H2,1-2H3. The van der Waals surface area contributed by atoms with Gasteiger partial charge in [0.15, 0.2) is 0 Å². The Labute approximate surface area is 186 Å². The molecule has 2 aromatic rings. The van der Waals surface area contributed by atoms with Crippen molar-refractivity contribution in [1.82, 2.24) is 0 Å². The van der Waals surface area contributed by atoms with Crippen molar-refractivity contribution in [2.75, 3.05) is 13.2 Å². The van der Waals surface area contributed by atoms with Crippen LogP contribution in [0.3, 0.4) is 0 Å². The lowest BCUT2D eigenvalue weighted by Crippen LogP contribution is -2.29. The lowest BCUT2D eigenvalue weighted by molar-refractivity contribution is -0.384. The Balaban J connectivity index is 1.85. The maximum absolute atomic E-state index is 12.9. The summed E-state index contributed by atoms with van der Waals surface area (Å²) in [6.45, 7) is 3.90. The molecule has 0 aliphatic heterocycles. The van der Waals surface area contributed by atoms with Gasteiger partial charge in [0.25, 0.3) is 5.69 Å². The number of nitrogens with zero attached hydrogens (tertiary/aromatic N) is 1. The quantitative estimate of drug-likeness (QED) is 0.360. The van der Waals surface area contributed by atoms with Gasteiger partial charge < -0.3 is 9.47 Å². The van der Waals surface area contributed by atoms with Crippen molar-refractivity contribution in [3.05, 3.63) is 87.0 Å². The zero-order valence-corrected chi connectivity index (χ0v) is 18.0. The van der Waals surface area contributed by atoms with Crippen LogP contribution in [0.4, 0.5) is 5.69 Å². The van der Waals surface area contributed by atoms with Crippen LogP contribution < -0.4 is 0 Å². The summed E-state index contributed by atoms with van der Waals surface area (Å²) in [4.78, 5) is 36.6. The molecule has 1 fully saturated rings. The number of rotatable bonds is 7. The third-order valence-corrected chi connectivity index (χ3v) is 6.46. The minimum Gasteiger partial charge on any atom is -0.463 e. The maximum atomic E-state index is 12.9. The molecule has 2 aromatic carbocycles. The first kappa shape index (κ1) is 21.7. The van der Waals surface area contributed by atoms with Crippen molar-refractivity contribution in [3.8, 4) is 0 Å². The topological polar surface area (TPSA) is 95.7 Å². The Bertz CT molecular complexity index is 1060. The zero-order valence-electron chi connectivity index (χ0n) is 18.0. The van der Waals surface area contributed by atoms with E-state index in [1.807, 2.05) is 30.3 Å². The molecule has 32 heavy (non-hydrogen) atoms. The highest BCUT2D eigenvalue weighted by Crippen LogP contribution is 2.63. The Morgan fingerprint density at radius 3 is 1.75 bits per heavy atom. The first-order valence-electron chi connectivity index (χ1n) is 10.9. The molecule has 7 nitrogen and oxygen atoms in total. The fraction of sp³-hybridized carbons (Fsp3) is 0.360. The van der Waals surface area contributed by atoms with Gasteiger partial charge in [0, 0.05) is 12.1 Å². The predicted molar refractivity (Wildman–Crippen MR) is 117 cm³/mol. The van der Waals surface area contributed by atoms with E-state index in [2.05, 4.69) is 0 Å². The first-order chi connectivity index (χ1) is 15.5. The Morgan fingerprint density at radius 1 is 0.844 bits per heavy atom. The van der Waals surface area contributed by atoms with Crippen molar-refractivity contribution in [3.63, 3.8) is 0 Å². The highest BCUT2D eigenvalue weighted by Gasteiger charge is 2.57. The van der Waals surface area contributed by atoms with Gasteiger partial charge in [0.2, 0.25) is 0 Å². The van der Waals surface area contributed by atoms with E-state index in [-0.39, 0.29) is 42.6 Å². The monoisotopic (exact) mass is 435 g/mol. The maximum Gasteiger partial charge on any atom is 0.334 e. The SMILES string of the molecule is CCOC(=O)C1=C(C(=O)OCC)C2CC1C(c1ccccc1)C2c1ccc([N+](=O)[O-])cc1. The van der Waals surface area contributed by atoms with Crippen LogP contribution in [-0.2, 0) is 19.1 Å². The molecule has 7 heteroatoms. The van der Waals surface area contributed by atoms with Crippen molar-refractivity contribution >= 4 is 17.6 Å². The largest absolute Gasteiger partial charge is 0.463 e. The minimum absolute atomic E-state index is 0.0153. The van der Waals surface area contributed by atoms with Crippen LogP contribution in [0.1, 0.15) is 43.2 Å². The van der Waals surface area contributed by atoms with E-state index in [0.29, 0.717) is 17.6 Å². The van der Waals surface area contributed by atoms with E-state index in [4.69, 9.17) is 9.47 Å². The summed E-state index contributed by atoms with van der Waals surface area (Å²) < 4.78 is 10.6. The lowest BCUT2D eigenvalue weighted by Gasteiger charge is -2.33. The molecular weight excluding hydrogens is 410 g/mol. The van der Waals surface area contributed by atoms with Crippen molar-refractivity contribution in [1.29, 1.82) is 0 Å². The molecule has 4 atom stereocenters. The molecule has 0 spiro atoms. The summed E-state index contributed by atoms with van der Waals surface area (Å²) in [5.74, 6) is -1.54. The number of carbonyl (C=O) groups is 2. The van der Waals surface area contributed by atoms with Gasteiger partial charge in [0.1, 0.15) is 0 Å². The molecule has 2 bridgehead atoms. The molecule has 2 aliphatic rings. The van der Waals surface area contributed by atoms with Crippen molar-refractivity contribution in [2.24, 2.45) is 11.8 Å². The molecule has 1 saturated carbocycles. The number of esters is 2. The molecule has 4 unspecified atom stereocenters. The van der Waals surface area contributed by atoms with E-state index >= 15 is 0 Å². The second-order valence-electron chi connectivity index (χ2n) is 8.03. The number of ether oxygens (including phenoxy) is 2. The molecule has 0 saturated heterocycles. The third-order valence-electron chi connectivity index (χ3n) is 6.46. The van der Waals surface area contributed by atoms with Gasteiger partial charge in [-0.15, -0.1) is 0 Å². The number of nitro benzene ring substituents is 1. The Morgan fingerprint density at radius 2 is 1.31 bits per heavy atom. The smallest absolute Gasteiger partial charge is 0.334 e. The Kier molecular flexibility index (Phi) is 6.08. The van der Waals surface area contributed by atoms with Crippen LogP contribution in [0.2, 0.25) is 0 Å². The van der Waals surface area contributed by atoms with Gasteiger partial charge in [-0.3, -0.25) is 10.1 Å². The fourth-order valence-corrected chi connectivity index (χ4v) is 5.37. The van der Waals surface area contributed by atoms with Crippen LogP contribution in [0, 0.1) is 22.0 Å². The van der Waals surface area contributed by atoms with Gasteiger partial charge in [-0.05, 0) is 55.1 Å². The highest BCUT2D eigenvalue weighted by molar-refractivity contribution is 6.03. The number of fused-ring (bicyclic) bond motifs is 2. The molecule has 166 valence electrons. The van der Waals surface area contributed by atoms with Crippen molar-refractivity contribution < 1.29 is 24.0 Å². The zero-order chi connectivity index (χ0) is 22.8. The Hall–Kier alpha value is -3.48. The van der Waals surface area contributed by atoms with Crippen LogP contribution in [0.5, 0.6) is 0 Å². The molecule has 0 amide bonds. The fourth-order valence-electron chi connectivity index (χ4n) is 5.37. The number of benzene rings is 2. The summed E-state index contributed by atoms with van der Waals surface area (Å²) >= 11 is 0. The average molecular weight is 435 g/mol. The van der Waals surface area contributed by atoms with Gasteiger partial charge in [-0.2, -0.15) is 0 Å². The average Bonchev–Trinajstić information content (AvgIpc) is 3.36. The van der Waals surface area contributed by atoms with E-state index in [1.165, 1.54) is 12.1 Å². The third kappa shape index (κ3) is 3.68. The van der Waals surface area contributed by atoms with E-state index in [0.717, 1.165) is 11.1 Å².